The molecule has 1 heterocycles. The van der Waals surface area contributed by atoms with Crippen LogP contribution in [0.15, 0.2) is 11.0 Å². The van der Waals surface area contributed by atoms with Crippen LogP contribution in [-0.2, 0) is 0 Å². The van der Waals surface area contributed by atoms with Gasteiger partial charge in [0.2, 0.25) is 0 Å². The summed E-state index contributed by atoms with van der Waals surface area (Å²) in [6, 6.07) is 4.16. The van der Waals surface area contributed by atoms with Crippen LogP contribution in [0.4, 0.5) is 0 Å². The van der Waals surface area contributed by atoms with Gasteiger partial charge in [-0.15, -0.1) is 23.4 Å². The molecule has 0 aliphatic rings. The number of halogens is 1. The molecule has 0 fully saturated rings. The molecular weight excluding hydrogens is 228 g/mol. The summed E-state index contributed by atoms with van der Waals surface area (Å²) < 4.78 is 0. The fraction of sp³-hybridized carbons (Fsp3) is 0.455. The Morgan fingerprint density at radius 1 is 1.53 bits per heavy atom. The summed E-state index contributed by atoms with van der Waals surface area (Å²) in [7, 11) is 0. The molecule has 0 radical (unpaired) electrons. The normalized spacial score (nSPS) is 10.0. The third-order valence-corrected chi connectivity index (χ3v) is 3.33. The predicted molar refractivity (Wildman–Crippen MR) is 64.5 cm³/mol. The van der Waals surface area contributed by atoms with Gasteiger partial charge in [-0.05, 0) is 32.1 Å². The maximum Gasteiger partial charge on any atom is 0.102 e. The lowest BCUT2D eigenvalue weighted by molar-refractivity contribution is 1.06. The highest BCUT2D eigenvalue weighted by molar-refractivity contribution is 7.99. The average Bonchev–Trinajstić information content (AvgIpc) is 2.17. The van der Waals surface area contributed by atoms with E-state index >= 15 is 0 Å². The van der Waals surface area contributed by atoms with E-state index in [1.54, 1.807) is 11.8 Å². The van der Waals surface area contributed by atoms with Gasteiger partial charge in [-0.1, -0.05) is 0 Å². The summed E-state index contributed by atoms with van der Waals surface area (Å²) in [5, 5.41) is 9.02. The first-order chi connectivity index (χ1) is 7.19. The lowest BCUT2D eigenvalue weighted by Crippen LogP contribution is -1.94. The number of alkyl halides is 1. The molecule has 0 aliphatic heterocycles. The number of aromatic nitrogens is 1. The van der Waals surface area contributed by atoms with Gasteiger partial charge in [0.15, 0.2) is 0 Å². The lowest BCUT2D eigenvalue weighted by atomic mass is 10.2. The van der Waals surface area contributed by atoms with Gasteiger partial charge in [0, 0.05) is 16.5 Å². The molecule has 80 valence electrons. The topological polar surface area (TPSA) is 36.7 Å². The molecule has 0 amide bonds. The molecule has 0 N–H and O–H groups in total. The van der Waals surface area contributed by atoms with Crippen molar-refractivity contribution in [2.45, 2.75) is 25.2 Å². The molecule has 0 spiro atoms. The molecular formula is C11H13ClN2S. The van der Waals surface area contributed by atoms with Crippen LogP contribution in [0, 0.1) is 25.2 Å². The molecule has 0 saturated heterocycles. The van der Waals surface area contributed by atoms with Crippen molar-refractivity contribution in [2.75, 3.05) is 11.6 Å². The maximum atomic E-state index is 9.02. The number of pyridine rings is 1. The molecule has 4 heteroatoms. The summed E-state index contributed by atoms with van der Waals surface area (Å²) in [4.78, 5) is 5.29. The highest BCUT2D eigenvalue weighted by Crippen LogP contribution is 2.25. The zero-order valence-corrected chi connectivity index (χ0v) is 10.5. The minimum absolute atomic E-state index is 0.665. The first-order valence-corrected chi connectivity index (χ1v) is 6.28. The molecule has 0 saturated carbocycles. The van der Waals surface area contributed by atoms with Crippen LogP contribution in [0.25, 0.3) is 0 Å². The second-order valence-corrected chi connectivity index (χ2v) is 4.74. The Morgan fingerprint density at radius 3 is 2.87 bits per heavy atom. The Hall–Kier alpha value is -0.720. The number of hydrogen-bond donors (Lipinski definition) is 0. The van der Waals surface area contributed by atoms with E-state index in [0.717, 1.165) is 28.5 Å². The average molecular weight is 241 g/mol. The van der Waals surface area contributed by atoms with E-state index in [0.29, 0.717) is 11.4 Å². The van der Waals surface area contributed by atoms with Crippen molar-refractivity contribution in [1.82, 2.24) is 4.98 Å². The molecule has 1 rings (SSSR count). The third-order valence-electron chi connectivity index (χ3n) is 1.94. The Bertz CT molecular complexity index is 385. The van der Waals surface area contributed by atoms with Crippen molar-refractivity contribution in [2.24, 2.45) is 0 Å². The van der Waals surface area contributed by atoms with E-state index in [1.807, 2.05) is 19.9 Å². The number of thioether (sulfide) groups is 1. The van der Waals surface area contributed by atoms with Crippen LogP contribution in [-0.4, -0.2) is 16.6 Å². The summed E-state index contributed by atoms with van der Waals surface area (Å²) in [5.41, 5.74) is 2.46. The first kappa shape index (κ1) is 12.4. The zero-order chi connectivity index (χ0) is 11.3. The Balaban J connectivity index is 2.90. The quantitative estimate of drug-likeness (QED) is 0.460. The van der Waals surface area contributed by atoms with Crippen LogP contribution in [0.3, 0.4) is 0 Å². The second kappa shape index (κ2) is 5.99. The molecule has 1 aromatic rings. The minimum atomic E-state index is 0.665. The number of nitrogens with zero attached hydrogens (tertiary/aromatic N) is 2. The largest absolute Gasteiger partial charge is 0.257 e. The smallest absolute Gasteiger partial charge is 0.102 e. The van der Waals surface area contributed by atoms with E-state index in [1.165, 1.54) is 0 Å². The zero-order valence-electron chi connectivity index (χ0n) is 8.88. The van der Waals surface area contributed by atoms with Crippen molar-refractivity contribution in [1.29, 1.82) is 5.26 Å². The molecule has 0 unspecified atom stereocenters. The number of rotatable bonds is 4. The second-order valence-electron chi connectivity index (χ2n) is 3.22. The van der Waals surface area contributed by atoms with Crippen LogP contribution >= 0.6 is 23.4 Å². The van der Waals surface area contributed by atoms with E-state index in [-0.39, 0.29) is 0 Å². The van der Waals surface area contributed by atoms with Crippen molar-refractivity contribution in [3.05, 3.63) is 23.0 Å². The number of hydrogen-bond acceptors (Lipinski definition) is 3. The monoisotopic (exact) mass is 240 g/mol. The van der Waals surface area contributed by atoms with E-state index < -0.39 is 0 Å². The van der Waals surface area contributed by atoms with Crippen LogP contribution in [0.5, 0.6) is 0 Å². The molecule has 15 heavy (non-hydrogen) atoms. The van der Waals surface area contributed by atoms with Crippen LogP contribution in [0.2, 0.25) is 0 Å². The van der Waals surface area contributed by atoms with Gasteiger partial charge < -0.3 is 0 Å². The van der Waals surface area contributed by atoms with Crippen LogP contribution in [0.1, 0.15) is 23.4 Å². The first-order valence-electron chi connectivity index (χ1n) is 4.76. The number of aryl methyl sites for hydroxylation is 2. The Morgan fingerprint density at radius 2 is 2.27 bits per heavy atom. The van der Waals surface area contributed by atoms with Crippen LogP contribution < -0.4 is 0 Å². The van der Waals surface area contributed by atoms with Crippen molar-refractivity contribution in [3.63, 3.8) is 0 Å². The number of nitriles is 1. The maximum absolute atomic E-state index is 9.02. The summed E-state index contributed by atoms with van der Waals surface area (Å²) in [6.07, 6.45) is 0.956. The highest BCUT2D eigenvalue weighted by Gasteiger charge is 2.07. The summed E-state index contributed by atoms with van der Waals surface area (Å²) in [5.74, 6) is 1.61. The third kappa shape index (κ3) is 3.40. The lowest BCUT2D eigenvalue weighted by Gasteiger charge is -2.06. The SMILES string of the molecule is Cc1cc(SCCCCl)c(C#N)c(C)n1. The van der Waals surface area contributed by atoms with E-state index in [2.05, 4.69) is 11.1 Å². The van der Waals surface area contributed by atoms with E-state index in [9.17, 15) is 0 Å². The van der Waals surface area contributed by atoms with Crippen molar-refractivity contribution < 1.29 is 0 Å². The molecule has 1 aromatic heterocycles. The fourth-order valence-electron chi connectivity index (χ4n) is 1.28. The van der Waals surface area contributed by atoms with Gasteiger partial charge in [-0.25, -0.2) is 0 Å². The Labute approximate surface area is 99.7 Å². The van der Waals surface area contributed by atoms with Gasteiger partial charge in [0.25, 0.3) is 0 Å². The van der Waals surface area contributed by atoms with Crippen molar-refractivity contribution in [3.8, 4) is 6.07 Å². The minimum Gasteiger partial charge on any atom is -0.257 e. The van der Waals surface area contributed by atoms with Gasteiger partial charge >= 0.3 is 0 Å². The molecule has 0 bridgehead atoms. The fourth-order valence-corrected chi connectivity index (χ4v) is 2.67. The molecule has 0 atom stereocenters. The predicted octanol–water partition coefficient (Wildman–Crippen LogP) is 3.29. The van der Waals surface area contributed by atoms with Gasteiger partial charge in [-0.2, -0.15) is 5.26 Å². The summed E-state index contributed by atoms with van der Waals surface area (Å²) in [6.45, 7) is 3.82. The van der Waals surface area contributed by atoms with Gasteiger partial charge in [-0.3, -0.25) is 4.98 Å². The molecule has 2 nitrogen and oxygen atoms in total. The molecule has 0 aliphatic carbocycles. The Kier molecular flexibility index (Phi) is 4.93. The van der Waals surface area contributed by atoms with Crippen molar-refractivity contribution >= 4 is 23.4 Å². The van der Waals surface area contributed by atoms with E-state index in [4.69, 9.17) is 16.9 Å². The van der Waals surface area contributed by atoms with Gasteiger partial charge in [0.05, 0.1) is 11.3 Å². The highest BCUT2D eigenvalue weighted by atomic mass is 35.5. The summed E-state index contributed by atoms with van der Waals surface area (Å²) >= 11 is 7.29. The standard InChI is InChI=1S/C11H13ClN2S/c1-8-6-11(15-5-3-4-12)10(7-13)9(2)14-8/h6H,3-5H2,1-2H3. The van der Waals surface area contributed by atoms with Gasteiger partial charge in [0.1, 0.15) is 6.07 Å². The molecule has 0 aromatic carbocycles.